The van der Waals surface area contributed by atoms with Gasteiger partial charge in [0.25, 0.3) is 0 Å². The molecule has 5 nitrogen and oxygen atoms in total. The predicted molar refractivity (Wildman–Crippen MR) is 68.1 cm³/mol. The molecule has 3 N–H and O–H groups in total. The van der Waals surface area contributed by atoms with Crippen LogP contribution in [0.4, 0.5) is 11.6 Å². The third-order valence-electron chi connectivity index (χ3n) is 3.20. The van der Waals surface area contributed by atoms with Crippen molar-refractivity contribution >= 4 is 23.2 Å². The molecule has 0 spiro atoms. The van der Waals surface area contributed by atoms with Crippen molar-refractivity contribution in [2.45, 2.75) is 19.8 Å². The molecule has 1 aliphatic heterocycles. The number of nitrogen functional groups attached to an aromatic ring is 1. The van der Waals surface area contributed by atoms with E-state index in [2.05, 4.69) is 22.2 Å². The van der Waals surface area contributed by atoms with Crippen LogP contribution in [-0.4, -0.2) is 29.7 Å². The summed E-state index contributed by atoms with van der Waals surface area (Å²) in [6.45, 7) is 4.68. The van der Waals surface area contributed by atoms with Gasteiger partial charge in [0.05, 0.1) is 0 Å². The number of ether oxygens (including phenoxy) is 1. The Kier molecular flexibility index (Phi) is 3.69. The lowest BCUT2D eigenvalue weighted by atomic mass is 9.82. The number of nitrogens with zero attached hydrogens (tertiary/aromatic N) is 2. The van der Waals surface area contributed by atoms with Gasteiger partial charge < -0.3 is 15.8 Å². The highest BCUT2D eigenvalue weighted by molar-refractivity contribution is 6.35. The number of rotatable bonds is 3. The van der Waals surface area contributed by atoms with Gasteiger partial charge in [0, 0.05) is 19.8 Å². The zero-order valence-corrected chi connectivity index (χ0v) is 10.6. The molecular formula is C11H17ClN4O. The van der Waals surface area contributed by atoms with E-state index in [9.17, 15) is 0 Å². The molecule has 2 rings (SSSR count). The lowest BCUT2D eigenvalue weighted by Gasteiger charge is -2.33. The molecule has 1 aromatic heterocycles. The van der Waals surface area contributed by atoms with Gasteiger partial charge in [-0.3, -0.25) is 0 Å². The summed E-state index contributed by atoms with van der Waals surface area (Å²) < 4.78 is 5.36. The van der Waals surface area contributed by atoms with E-state index in [0.29, 0.717) is 16.7 Å². The first kappa shape index (κ1) is 12.4. The van der Waals surface area contributed by atoms with Crippen molar-refractivity contribution in [3.05, 3.63) is 11.3 Å². The molecule has 1 aliphatic rings. The van der Waals surface area contributed by atoms with Crippen molar-refractivity contribution in [2.75, 3.05) is 30.8 Å². The summed E-state index contributed by atoms with van der Waals surface area (Å²) in [4.78, 5) is 7.92. The van der Waals surface area contributed by atoms with Crippen molar-refractivity contribution in [1.82, 2.24) is 9.97 Å². The average Bonchev–Trinajstić information content (AvgIpc) is 2.32. The zero-order valence-electron chi connectivity index (χ0n) is 9.87. The Hall–Kier alpha value is -1.07. The van der Waals surface area contributed by atoms with Crippen LogP contribution in [0.2, 0.25) is 5.02 Å². The molecule has 6 heteroatoms. The van der Waals surface area contributed by atoms with Gasteiger partial charge in [-0.15, -0.1) is 0 Å². The molecule has 0 amide bonds. The van der Waals surface area contributed by atoms with Crippen molar-refractivity contribution in [3.8, 4) is 0 Å². The van der Waals surface area contributed by atoms with Gasteiger partial charge >= 0.3 is 0 Å². The number of aromatic nitrogens is 2. The number of hydrogen-bond acceptors (Lipinski definition) is 5. The van der Waals surface area contributed by atoms with E-state index in [1.165, 1.54) is 6.33 Å². The Morgan fingerprint density at radius 1 is 1.47 bits per heavy atom. The third-order valence-corrected chi connectivity index (χ3v) is 3.57. The van der Waals surface area contributed by atoms with Gasteiger partial charge in [-0.25, -0.2) is 9.97 Å². The third kappa shape index (κ3) is 2.98. The summed E-state index contributed by atoms with van der Waals surface area (Å²) in [5.41, 5.74) is 5.84. The monoisotopic (exact) mass is 256 g/mol. The summed E-state index contributed by atoms with van der Waals surface area (Å²) in [6.07, 6.45) is 3.49. The van der Waals surface area contributed by atoms with E-state index in [0.717, 1.165) is 32.6 Å². The van der Waals surface area contributed by atoms with Crippen molar-refractivity contribution in [2.24, 2.45) is 5.41 Å². The largest absolute Gasteiger partial charge is 0.382 e. The first-order valence-electron chi connectivity index (χ1n) is 5.68. The molecule has 2 heterocycles. The van der Waals surface area contributed by atoms with Gasteiger partial charge in [-0.2, -0.15) is 0 Å². The standard InChI is InChI=1S/C11H17ClN4O/c1-11(2-4-17-5-3-11)6-14-10-8(12)9(13)15-7-16-10/h7H,2-6H2,1H3,(H3,13,14,15,16). The second kappa shape index (κ2) is 5.06. The van der Waals surface area contributed by atoms with Crippen LogP contribution in [0.25, 0.3) is 0 Å². The molecule has 17 heavy (non-hydrogen) atoms. The smallest absolute Gasteiger partial charge is 0.150 e. The van der Waals surface area contributed by atoms with Crippen LogP contribution < -0.4 is 11.1 Å². The molecule has 0 bridgehead atoms. The van der Waals surface area contributed by atoms with Crippen LogP contribution >= 0.6 is 11.6 Å². The maximum absolute atomic E-state index is 6.02. The van der Waals surface area contributed by atoms with E-state index in [4.69, 9.17) is 22.1 Å². The maximum atomic E-state index is 6.02. The lowest BCUT2D eigenvalue weighted by Crippen LogP contribution is -2.33. The molecule has 1 saturated heterocycles. The minimum Gasteiger partial charge on any atom is -0.382 e. The second-order valence-electron chi connectivity index (χ2n) is 4.70. The average molecular weight is 257 g/mol. The van der Waals surface area contributed by atoms with E-state index < -0.39 is 0 Å². The van der Waals surface area contributed by atoms with E-state index in [1.807, 2.05) is 0 Å². The number of nitrogens with two attached hydrogens (primary N) is 1. The quantitative estimate of drug-likeness (QED) is 0.865. The van der Waals surface area contributed by atoms with Crippen LogP contribution in [0.15, 0.2) is 6.33 Å². The zero-order chi connectivity index (χ0) is 12.3. The van der Waals surface area contributed by atoms with Crippen molar-refractivity contribution in [3.63, 3.8) is 0 Å². The highest BCUT2D eigenvalue weighted by atomic mass is 35.5. The molecule has 0 radical (unpaired) electrons. The minimum absolute atomic E-state index is 0.224. The van der Waals surface area contributed by atoms with Crippen molar-refractivity contribution < 1.29 is 4.74 Å². The number of halogens is 1. The van der Waals surface area contributed by atoms with E-state index in [-0.39, 0.29) is 5.41 Å². The van der Waals surface area contributed by atoms with Gasteiger partial charge in [0.2, 0.25) is 0 Å². The normalized spacial score (nSPS) is 18.9. The number of nitrogens with one attached hydrogen (secondary N) is 1. The second-order valence-corrected chi connectivity index (χ2v) is 5.08. The van der Waals surface area contributed by atoms with Crippen molar-refractivity contribution in [1.29, 1.82) is 0 Å². The topological polar surface area (TPSA) is 73.1 Å². The summed E-state index contributed by atoms with van der Waals surface area (Å²) in [5.74, 6) is 0.910. The Morgan fingerprint density at radius 2 is 2.18 bits per heavy atom. The molecule has 0 atom stereocenters. The Bertz CT molecular complexity index is 393. The van der Waals surface area contributed by atoms with Crippen LogP contribution in [0.1, 0.15) is 19.8 Å². The van der Waals surface area contributed by atoms with Gasteiger partial charge in [-0.05, 0) is 18.3 Å². The minimum atomic E-state index is 0.224. The number of hydrogen-bond donors (Lipinski definition) is 2. The summed E-state index contributed by atoms with van der Waals surface area (Å²) >= 11 is 6.02. The lowest BCUT2D eigenvalue weighted by molar-refractivity contribution is 0.0300. The maximum Gasteiger partial charge on any atom is 0.150 e. The van der Waals surface area contributed by atoms with Crippen LogP contribution in [-0.2, 0) is 4.74 Å². The van der Waals surface area contributed by atoms with E-state index in [1.54, 1.807) is 0 Å². The first-order chi connectivity index (χ1) is 8.11. The molecule has 1 aromatic rings. The summed E-state index contributed by atoms with van der Waals surface area (Å²) in [5, 5.41) is 3.64. The molecule has 0 unspecified atom stereocenters. The van der Waals surface area contributed by atoms with Gasteiger partial charge in [0.15, 0.2) is 0 Å². The summed E-state index contributed by atoms with van der Waals surface area (Å²) in [6, 6.07) is 0. The molecule has 94 valence electrons. The summed E-state index contributed by atoms with van der Waals surface area (Å²) in [7, 11) is 0. The van der Waals surface area contributed by atoms with Crippen LogP contribution in [0.5, 0.6) is 0 Å². The fourth-order valence-electron chi connectivity index (χ4n) is 1.84. The van der Waals surface area contributed by atoms with Crippen LogP contribution in [0, 0.1) is 5.41 Å². The highest BCUT2D eigenvalue weighted by Crippen LogP contribution is 2.31. The van der Waals surface area contributed by atoms with Gasteiger partial charge in [0.1, 0.15) is 23.0 Å². The molecular weight excluding hydrogens is 240 g/mol. The highest BCUT2D eigenvalue weighted by Gasteiger charge is 2.27. The SMILES string of the molecule is CC1(CNc2ncnc(N)c2Cl)CCOCC1. The fraction of sp³-hybridized carbons (Fsp3) is 0.636. The predicted octanol–water partition coefficient (Wildman–Crippen LogP) is 1.94. The molecule has 1 fully saturated rings. The number of anilines is 2. The fourth-order valence-corrected chi connectivity index (χ4v) is 2.01. The molecule has 0 aliphatic carbocycles. The Balaban J connectivity index is 1.99. The Labute approximate surface area is 106 Å². The molecule has 0 aromatic carbocycles. The first-order valence-corrected chi connectivity index (χ1v) is 6.06. The Morgan fingerprint density at radius 3 is 2.88 bits per heavy atom. The van der Waals surface area contributed by atoms with Crippen LogP contribution in [0.3, 0.4) is 0 Å². The van der Waals surface area contributed by atoms with Gasteiger partial charge in [-0.1, -0.05) is 18.5 Å². The molecule has 0 saturated carbocycles. The van der Waals surface area contributed by atoms with E-state index >= 15 is 0 Å².